The van der Waals surface area contributed by atoms with Crippen LogP contribution in [0, 0.1) is 0 Å². The van der Waals surface area contributed by atoms with E-state index in [0.717, 1.165) is 10.8 Å². The van der Waals surface area contributed by atoms with Crippen molar-refractivity contribution in [3.05, 3.63) is 47.5 Å². The van der Waals surface area contributed by atoms with E-state index < -0.39 is 11.9 Å². The van der Waals surface area contributed by atoms with Gasteiger partial charge in [-0.05, 0) is 46.7 Å². The summed E-state index contributed by atoms with van der Waals surface area (Å²) in [6.07, 6.45) is 0. The molecule has 0 bridgehead atoms. The van der Waals surface area contributed by atoms with Crippen LogP contribution in [0.1, 0.15) is 20.7 Å². The zero-order chi connectivity index (χ0) is 19.4. The van der Waals surface area contributed by atoms with E-state index in [4.69, 9.17) is 23.7 Å². The maximum Gasteiger partial charge on any atom is 0.347 e. The fourth-order valence-corrected chi connectivity index (χ4v) is 3.65. The number of hydrogen-bond acceptors (Lipinski definition) is 7. The van der Waals surface area contributed by atoms with Gasteiger partial charge in [-0.1, -0.05) is 6.07 Å². The number of carbonyl (C=O) groups is 2. The van der Waals surface area contributed by atoms with Crippen molar-refractivity contribution >= 4 is 22.7 Å². The second kappa shape index (κ2) is 5.88. The molecule has 0 aliphatic carbocycles. The SMILES string of the molecule is COc1ccc(-c2c3c(cc4cc5c(cc24)OCO5)C(=O)OC3=O)cc1OC. The molecule has 0 fully saturated rings. The Morgan fingerprint density at radius 2 is 1.57 bits per heavy atom. The first-order chi connectivity index (χ1) is 13.6. The van der Waals surface area contributed by atoms with Crippen LogP contribution in [0.2, 0.25) is 0 Å². The summed E-state index contributed by atoms with van der Waals surface area (Å²) < 4.78 is 26.5. The maximum atomic E-state index is 12.5. The van der Waals surface area contributed by atoms with Crippen molar-refractivity contribution in [3.63, 3.8) is 0 Å². The summed E-state index contributed by atoms with van der Waals surface area (Å²) in [6, 6.07) is 10.5. The van der Waals surface area contributed by atoms with E-state index in [1.807, 2.05) is 0 Å². The third-order valence-corrected chi connectivity index (χ3v) is 4.91. The first kappa shape index (κ1) is 16.4. The zero-order valence-corrected chi connectivity index (χ0v) is 15.0. The van der Waals surface area contributed by atoms with Crippen LogP contribution in [0.3, 0.4) is 0 Å². The van der Waals surface area contributed by atoms with Gasteiger partial charge in [-0.25, -0.2) is 9.59 Å². The highest BCUT2D eigenvalue weighted by molar-refractivity contribution is 6.22. The van der Waals surface area contributed by atoms with Crippen LogP contribution in [0.25, 0.3) is 21.9 Å². The molecule has 7 nitrogen and oxygen atoms in total. The van der Waals surface area contributed by atoms with Gasteiger partial charge < -0.3 is 23.7 Å². The minimum atomic E-state index is -0.677. The summed E-state index contributed by atoms with van der Waals surface area (Å²) in [4.78, 5) is 24.7. The quantitative estimate of drug-likeness (QED) is 0.509. The smallest absolute Gasteiger partial charge is 0.347 e. The highest BCUT2D eigenvalue weighted by Gasteiger charge is 2.35. The van der Waals surface area contributed by atoms with Crippen LogP contribution in [0.5, 0.6) is 23.0 Å². The first-order valence-electron chi connectivity index (χ1n) is 8.50. The molecular formula is C21H14O7. The van der Waals surface area contributed by atoms with Gasteiger partial charge in [0.25, 0.3) is 0 Å². The third kappa shape index (κ3) is 2.22. The Balaban J connectivity index is 1.88. The first-order valence-corrected chi connectivity index (χ1v) is 8.50. The molecule has 0 spiro atoms. The Morgan fingerprint density at radius 3 is 2.32 bits per heavy atom. The molecule has 3 aromatic rings. The summed E-state index contributed by atoms with van der Waals surface area (Å²) >= 11 is 0. The van der Waals surface area contributed by atoms with E-state index in [2.05, 4.69) is 0 Å². The van der Waals surface area contributed by atoms with Crippen LogP contribution in [0.4, 0.5) is 0 Å². The number of cyclic esters (lactones) is 2. The Morgan fingerprint density at radius 1 is 0.821 bits per heavy atom. The van der Waals surface area contributed by atoms with Gasteiger partial charge in [-0.2, -0.15) is 0 Å². The van der Waals surface area contributed by atoms with E-state index in [9.17, 15) is 9.59 Å². The predicted molar refractivity (Wildman–Crippen MR) is 98.4 cm³/mol. The largest absolute Gasteiger partial charge is 0.493 e. The van der Waals surface area contributed by atoms with Gasteiger partial charge >= 0.3 is 11.9 Å². The number of benzene rings is 3. The molecular weight excluding hydrogens is 364 g/mol. The van der Waals surface area contributed by atoms with Crippen molar-refractivity contribution in [2.24, 2.45) is 0 Å². The standard InChI is InChI=1S/C21H14O7/c1-24-14-4-3-10(6-15(14)25-2)18-12-8-17-16(26-9-27-17)7-11(12)5-13-19(18)21(23)28-20(13)22/h3-8H,9H2,1-2H3. The summed E-state index contributed by atoms with van der Waals surface area (Å²) in [5.74, 6) is 0.879. The molecule has 0 aromatic heterocycles. The van der Waals surface area contributed by atoms with Gasteiger partial charge in [0.2, 0.25) is 6.79 Å². The van der Waals surface area contributed by atoms with Crippen LogP contribution < -0.4 is 18.9 Å². The Hall–Kier alpha value is -3.74. The summed E-state index contributed by atoms with van der Waals surface area (Å²) in [6.45, 7) is 0.123. The third-order valence-electron chi connectivity index (χ3n) is 4.91. The van der Waals surface area contributed by atoms with Crippen LogP contribution in [-0.2, 0) is 4.74 Å². The van der Waals surface area contributed by atoms with Crippen molar-refractivity contribution in [3.8, 4) is 34.1 Å². The Kier molecular flexibility index (Phi) is 3.45. The minimum absolute atomic E-state index is 0.123. The lowest BCUT2D eigenvalue weighted by molar-refractivity contribution is 0.0444. The van der Waals surface area contributed by atoms with Gasteiger partial charge in [0.05, 0.1) is 25.3 Å². The van der Waals surface area contributed by atoms with E-state index >= 15 is 0 Å². The van der Waals surface area contributed by atoms with Crippen molar-refractivity contribution < 1.29 is 33.3 Å². The lowest BCUT2D eigenvalue weighted by atomic mass is 9.90. The van der Waals surface area contributed by atoms with Gasteiger partial charge in [0.1, 0.15) is 0 Å². The molecule has 0 radical (unpaired) electrons. The molecule has 0 saturated heterocycles. The van der Waals surface area contributed by atoms with Gasteiger partial charge in [-0.3, -0.25) is 0 Å². The van der Waals surface area contributed by atoms with E-state index in [1.165, 1.54) is 7.11 Å². The molecule has 28 heavy (non-hydrogen) atoms. The minimum Gasteiger partial charge on any atom is -0.493 e. The number of carbonyl (C=O) groups excluding carboxylic acids is 2. The average Bonchev–Trinajstić information content (AvgIpc) is 3.27. The number of rotatable bonds is 3. The van der Waals surface area contributed by atoms with Crippen LogP contribution >= 0.6 is 0 Å². The number of esters is 2. The van der Waals surface area contributed by atoms with E-state index in [-0.39, 0.29) is 17.9 Å². The normalized spacial score (nSPS) is 14.2. The van der Waals surface area contributed by atoms with Gasteiger partial charge in [0, 0.05) is 5.56 Å². The molecule has 3 aromatic carbocycles. The van der Waals surface area contributed by atoms with E-state index in [1.54, 1.807) is 43.5 Å². The van der Waals surface area contributed by atoms with Crippen molar-refractivity contribution in [1.29, 1.82) is 0 Å². The molecule has 2 aliphatic heterocycles. The highest BCUT2D eigenvalue weighted by Crippen LogP contribution is 2.45. The predicted octanol–water partition coefficient (Wildman–Crippen LogP) is 3.56. The lowest BCUT2D eigenvalue weighted by Crippen LogP contribution is -1.99. The monoisotopic (exact) mass is 378 g/mol. The van der Waals surface area contributed by atoms with Crippen molar-refractivity contribution in [2.45, 2.75) is 0 Å². The Bertz CT molecular complexity index is 1180. The molecule has 140 valence electrons. The molecule has 7 heteroatoms. The molecule has 0 saturated carbocycles. The van der Waals surface area contributed by atoms with Crippen LogP contribution in [0.15, 0.2) is 36.4 Å². The number of ether oxygens (including phenoxy) is 5. The summed E-state index contributed by atoms with van der Waals surface area (Å²) in [5.41, 5.74) is 1.71. The van der Waals surface area contributed by atoms with Gasteiger partial charge in [-0.15, -0.1) is 0 Å². The number of hydrogen-bond donors (Lipinski definition) is 0. The fourth-order valence-electron chi connectivity index (χ4n) is 3.65. The summed E-state index contributed by atoms with van der Waals surface area (Å²) in [7, 11) is 3.08. The molecule has 0 amide bonds. The Labute approximate surface area is 159 Å². The van der Waals surface area contributed by atoms with Gasteiger partial charge in [0.15, 0.2) is 23.0 Å². The van der Waals surface area contributed by atoms with Crippen LogP contribution in [-0.4, -0.2) is 33.0 Å². The molecule has 5 rings (SSSR count). The molecule has 0 N–H and O–H groups in total. The lowest BCUT2D eigenvalue weighted by Gasteiger charge is -2.14. The number of methoxy groups -OCH3 is 2. The molecule has 2 aliphatic rings. The van der Waals surface area contributed by atoms with Crippen molar-refractivity contribution in [1.82, 2.24) is 0 Å². The number of fused-ring (bicyclic) bond motifs is 3. The summed E-state index contributed by atoms with van der Waals surface area (Å²) in [5, 5.41) is 1.47. The topological polar surface area (TPSA) is 80.3 Å². The second-order valence-corrected chi connectivity index (χ2v) is 6.35. The van der Waals surface area contributed by atoms with Crippen molar-refractivity contribution in [2.75, 3.05) is 21.0 Å². The molecule has 0 unspecified atom stereocenters. The maximum absolute atomic E-state index is 12.5. The second-order valence-electron chi connectivity index (χ2n) is 6.35. The van der Waals surface area contributed by atoms with E-state index in [0.29, 0.717) is 34.1 Å². The fraction of sp³-hybridized carbons (Fsp3) is 0.143. The average molecular weight is 378 g/mol. The molecule has 0 atom stereocenters. The molecule has 2 heterocycles. The zero-order valence-electron chi connectivity index (χ0n) is 15.0. The highest BCUT2D eigenvalue weighted by atomic mass is 16.7.